The summed E-state index contributed by atoms with van der Waals surface area (Å²) in [4.78, 5) is 16.0. The van der Waals surface area contributed by atoms with Gasteiger partial charge in [-0.3, -0.25) is 4.57 Å². The second-order valence-electron chi connectivity index (χ2n) is 7.55. The molecule has 1 aromatic heterocycles. The first-order valence-electron chi connectivity index (χ1n) is 10.5. The molecule has 0 spiro atoms. The standard InChI is InChI=1S/C23H28N4O5S/c1-5-32-21-11-15(9-10-20(21)31-3)19(14-33(4,29)30)27-18-8-6-7-17(16(12-24)13-25-2)22(18)26-23(27)28/h6-13,19,24-25H,5,14H2,1-4H3,(H,26,28)/p+1. The summed E-state index contributed by atoms with van der Waals surface area (Å²) in [5.74, 6) is 0.707. The van der Waals surface area contributed by atoms with Crippen molar-refractivity contribution >= 4 is 32.7 Å². The molecule has 9 nitrogen and oxygen atoms in total. The van der Waals surface area contributed by atoms with Gasteiger partial charge in [-0.25, -0.2) is 13.2 Å². The van der Waals surface area contributed by atoms with E-state index in [1.807, 2.05) is 25.4 Å². The monoisotopic (exact) mass is 473 g/mol. The fraction of sp³-hybridized carbons (Fsp3) is 0.304. The number of nitrogens with zero attached hydrogens (tertiary/aromatic N) is 1. The molecular weight excluding hydrogens is 444 g/mol. The average Bonchev–Trinajstić information content (AvgIpc) is 3.11. The second-order valence-corrected chi connectivity index (χ2v) is 9.74. The predicted molar refractivity (Wildman–Crippen MR) is 129 cm³/mol. The molecule has 2 aromatic carbocycles. The van der Waals surface area contributed by atoms with Gasteiger partial charge in [-0.1, -0.05) is 18.2 Å². The van der Waals surface area contributed by atoms with E-state index in [9.17, 15) is 13.2 Å². The fourth-order valence-corrected chi connectivity index (χ4v) is 4.78. The quantitative estimate of drug-likeness (QED) is 0.385. The molecule has 3 rings (SSSR count). The van der Waals surface area contributed by atoms with Crippen LogP contribution in [0, 0.1) is 5.41 Å². The lowest BCUT2D eigenvalue weighted by atomic mass is 10.0. The van der Waals surface area contributed by atoms with Gasteiger partial charge in [0.05, 0.1) is 49.2 Å². The van der Waals surface area contributed by atoms with Gasteiger partial charge < -0.3 is 25.2 Å². The molecule has 1 heterocycles. The van der Waals surface area contributed by atoms with Gasteiger partial charge in [-0.2, -0.15) is 0 Å². The summed E-state index contributed by atoms with van der Waals surface area (Å²) in [6.45, 7) is 2.24. The van der Waals surface area contributed by atoms with E-state index in [0.717, 1.165) is 6.26 Å². The predicted octanol–water partition coefficient (Wildman–Crippen LogP) is 1.55. The summed E-state index contributed by atoms with van der Waals surface area (Å²) >= 11 is 0. The molecule has 33 heavy (non-hydrogen) atoms. The van der Waals surface area contributed by atoms with E-state index in [2.05, 4.69) is 4.98 Å². The molecule has 1 unspecified atom stereocenters. The molecular formula is C23H29N4O5S+. The zero-order valence-corrected chi connectivity index (χ0v) is 19.9. The number of hydrogen-bond acceptors (Lipinski definition) is 6. The highest BCUT2D eigenvalue weighted by Gasteiger charge is 2.26. The number of quaternary nitrogens is 1. The number of aromatic amines is 1. The number of rotatable bonds is 10. The molecule has 176 valence electrons. The first kappa shape index (κ1) is 24.3. The number of H-pyrrole nitrogens is 1. The molecule has 0 saturated heterocycles. The molecule has 0 bridgehead atoms. The Balaban J connectivity index is 2.29. The van der Waals surface area contributed by atoms with E-state index in [4.69, 9.17) is 14.9 Å². The van der Waals surface area contributed by atoms with Crippen LogP contribution in [0.1, 0.15) is 24.1 Å². The highest BCUT2D eigenvalue weighted by Crippen LogP contribution is 2.33. The maximum absolute atomic E-state index is 13.2. The van der Waals surface area contributed by atoms with Crippen LogP contribution in [-0.4, -0.2) is 57.0 Å². The summed E-state index contributed by atoms with van der Waals surface area (Å²) < 4.78 is 37.2. The Morgan fingerprint density at radius 1 is 1.27 bits per heavy atom. The fourth-order valence-electron chi connectivity index (χ4n) is 3.87. The van der Waals surface area contributed by atoms with Crippen molar-refractivity contribution in [3.8, 4) is 11.5 Å². The lowest BCUT2D eigenvalue weighted by molar-refractivity contribution is -0.555. The number of hydrogen-bond donors (Lipinski definition) is 3. The zero-order valence-electron chi connectivity index (χ0n) is 19.1. The average molecular weight is 474 g/mol. The highest BCUT2D eigenvalue weighted by molar-refractivity contribution is 7.90. The second kappa shape index (κ2) is 10.1. The Morgan fingerprint density at radius 3 is 2.64 bits per heavy atom. The van der Waals surface area contributed by atoms with E-state index in [0.29, 0.717) is 45.8 Å². The van der Waals surface area contributed by atoms with Gasteiger partial charge in [-0.05, 0) is 30.7 Å². The molecule has 0 saturated carbocycles. The minimum Gasteiger partial charge on any atom is -0.493 e. The van der Waals surface area contributed by atoms with Crippen LogP contribution in [0.15, 0.2) is 47.4 Å². The first-order valence-corrected chi connectivity index (χ1v) is 12.5. The summed E-state index contributed by atoms with van der Waals surface area (Å²) in [5.41, 5.74) is 2.55. The number of ether oxygens (including phenoxy) is 2. The van der Waals surface area contributed by atoms with Gasteiger partial charge in [0.2, 0.25) is 0 Å². The SMILES string of the molecule is CCOc1cc(C(CS(C)(=O)=O)n2c(=O)[nH]c3c(C(C=N)=C[NH2+]C)cccc32)ccc1OC. The van der Waals surface area contributed by atoms with Crippen LogP contribution in [0.4, 0.5) is 0 Å². The number of imidazole rings is 1. The third-order valence-corrected chi connectivity index (χ3v) is 6.13. The normalized spacial score (nSPS) is 13.2. The highest BCUT2D eigenvalue weighted by atomic mass is 32.2. The summed E-state index contributed by atoms with van der Waals surface area (Å²) in [6, 6.07) is 9.71. The smallest absolute Gasteiger partial charge is 0.327 e. The molecule has 0 aliphatic rings. The van der Waals surface area contributed by atoms with Gasteiger partial charge in [-0.15, -0.1) is 0 Å². The lowest BCUT2D eigenvalue weighted by Crippen LogP contribution is -2.72. The number of aromatic nitrogens is 2. The van der Waals surface area contributed by atoms with Crippen molar-refractivity contribution in [2.24, 2.45) is 0 Å². The Labute approximate surface area is 192 Å². The topological polar surface area (TPSA) is 131 Å². The number of nitrogens with two attached hydrogens (primary N) is 1. The van der Waals surface area contributed by atoms with E-state index >= 15 is 0 Å². The van der Waals surface area contributed by atoms with Crippen LogP contribution >= 0.6 is 0 Å². The number of sulfone groups is 1. The number of allylic oxidation sites excluding steroid dienone is 1. The van der Waals surface area contributed by atoms with Crippen LogP contribution in [0.2, 0.25) is 0 Å². The van der Waals surface area contributed by atoms with Crippen LogP contribution in [0.3, 0.4) is 0 Å². The van der Waals surface area contributed by atoms with Gasteiger partial charge >= 0.3 is 5.69 Å². The van der Waals surface area contributed by atoms with Crippen molar-refractivity contribution < 1.29 is 23.2 Å². The molecule has 0 amide bonds. The van der Waals surface area contributed by atoms with Crippen molar-refractivity contribution in [1.82, 2.24) is 9.55 Å². The Bertz CT molecular complexity index is 1350. The van der Waals surface area contributed by atoms with Gasteiger partial charge in [0.15, 0.2) is 11.5 Å². The first-order chi connectivity index (χ1) is 15.7. The minimum absolute atomic E-state index is 0.280. The molecule has 0 aliphatic carbocycles. The Hall–Kier alpha value is -3.37. The number of para-hydroxylation sites is 1. The molecule has 10 heteroatoms. The van der Waals surface area contributed by atoms with E-state index in [1.54, 1.807) is 36.5 Å². The van der Waals surface area contributed by atoms with E-state index < -0.39 is 21.6 Å². The van der Waals surface area contributed by atoms with Crippen LogP contribution in [0.25, 0.3) is 16.6 Å². The van der Waals surface area contributed by atoms with Crippen LogP contribution in [-0.2, 0) is 9.84 Å². The Kier molecular flexibility index (Phi) is 7.39. The summed E-state index contributed by atoms with van der Waals surface area (Å²) in [6.07, 6.45) is 4.14. The third kappa shape index (κ3) is 5.18. The number of benzene rings is 2. The molecule has 3 aromatic rings. The number of methoxy groups -OCH3 is 1. The number of fused-ring (bicyclic) bond motifs is 1. The van der Waals surface area contributed by atoms with Crippen molar-refractivity contribution in [3.05, 3.63) is 64.2 Å². The number of nitrogens with one attached hydrogen (secondary N) is 2. The largest absolute Gasteiger partial charge is 0.493 e. The third-order valence-electron chi connectivity index (χ3n) is 5.21. The summed E-state index contributed by atoms with van der Waals surface area (Å²) in [7, 11) is -0.0880. The van der Waals surface area contributed by atoms with Crippen LogP contribution in [0.5, 0.6) is 11.5 Å². The zero-order chi connectivity index (χ0) is 24.2. The van der Waals surface area contributed by atoms with E-state index in [-0.39, 0.29) is 5.75 Å². The van der Waals surface area contributed by atoms with Crippen molar-refractivity contribution in [3.63, 3.8) is 0 Å². The lowest BCUT2D eigenvalue weighted by Gasteiger charge is -2.20. The maximum atomic E-state index is 13.2. The van der Waals surface area contributed by atoms with E-state index in [1.165, 1.54) is 17.9 Å². The summed E-state index contributed by atoms with van der Waals surface area (Å²) in [5, 5.41) is 9.57. The van der Waals surface area contributed by atoms with Crippen molar-refractivity contribution in [2.45, 2.75) is 13.0 Å². The van der Waals surface area contributed by atoms with Gasteiger partial charge in [0.25, 0.3) is 0 Å². The molecule has 1 atom stereocenters. The molecule has 0 fully saturated rings. The van der Waals surface area contributed by atoms with Gasteiger partial charge in [0.1, 0.15) is 16.0 Å². The Morgan fingerprint density at radius 2 is 2.03 bits per heavy atom. The molecule has 0 radical (unpaired) electrons. The van der Waals surface area contributed by atoms with Crippen molar-refractivity contribution in [2.75, 3.05) is 32.8 Å². The maximum Gasteiger partial charge on any atom is 0.327 e. The van der Waals surface area contributed by atoms with Crippen LogP contribution < -0.4 is 20.5 Å². The van der Waals surface area contributed by atoms with Crippen molar-refractivity contribution in [1.29, 1.82) is 5.41 Å². The minimum atomic E-state index is -3.46. The molecule has 4 N–H and O–H groups in total. The van der Waals surface area contributed by atoms with Gasteiger partial charge in [0, 0.05) is 18.0 Å². The molecule has 0 aliphatic heterocycles.